The van der Waals surface area contributed by atoms with Crippen molar-refractivity contribution in [3.63, 3.8) is 0 Å². The van der Waals surface area contributed by atoms with Crippen molar-refractivity contribution in [1.29, 1.82) is 0 Å². The Labute approximate surface area is 191 Å². The van der Waals surface area contributed by atoms with Gasteiger partial charge in [-0.05, 0) is 43.9 Å². The number of carbonyl (C=O) groups excluding carboxylic acids is 1. The summed E-state index contributed by atoms with van der Waals surface area (Å²) in [5, 5.41) is 24.2. The van der Waals surface area contributed by atoms with Crippen LogP contribution in [0, 0.1) is 18.7 Å². The maximum absolute atomic E-state index is 13.9. The summed E-state index contributed by atoms with van der Waals surface area (Å²) in [6, 6.07) is 6.10. The summed E-state index contributed by atoms with van der Waals surface area (Å²) in [5.74, 6) is -0.0379. The number of halogens is 2. The summed E-state index contributed by atoms with van der Waals surface area (Å²) >= 11 is 6.57. The molecule has 0 radical (unpaired) electrons. The van der Waals surface area contributed by atoms with Crippen molar-refractivity contribution in [3.8, 4) is 0 Å². The Kier molecular flexibility index (Phi) is 5.94. The third kappa shape index (κ3) is 3.46. The van der Waals surface area contributed by atoms with Gasteiger partial charge in [0.2, 0.25) is 5.91 Å². The van der Waals surface area contributed by atoms with Gasteiger partial charge in [0.15, 0.2) is 11.4 Å². The molecule has 1 fully saturated rings. The van der Waals surface area contributed by atoms with Crippen LogP contribution in [0.25, 0.3) is 0 Å². The summed E-state index contributed by atoms with van der Waals surface area (Å²) in [7, 11) is 0. The van der Waals surface area contributed by atoms with E-state index in [9.17, 15) is 14.3 Å². The maximum Gasteiger partial charge on any atom is 0.224 e. The molecule has 2 aliphatic heterocycles. The Morgan fingerprint density at radius 3 is 2.47 bits per heavy atom. The van der Waals surface area contributed by atoms with Gasteiger partial charge in [-0.1, -0.05) is 37.6 Å². The van der Waals surface area contributed by atoms with E-state index in [4.69, 9.17) is 11.6 Å². The van der Waals surface area contributed by atoms with Gasteiger partial charge < -0.3 is 10.0 Å². The molecule has 32 heavy (non-hydrogen) atoms. The number of aliphatic hydroxyl groups excluding tert-OH is 1. The van der Waals surface area contributed by atoms with E-state index in [0.29, 0.717) is 52.9 Å². The van der Waals surface area contributed by atoms with Gasteiger partial charge in [-0.3, -0.25) is 4.79 Å². The number of hydrogen-bond acceptors (Lipinski definition) is 5. The van der Waals surface area contributed by atoms with E-state index in [-0.39, 0.29) is 24.1 Å². The van der Waals surface area contributed by atoms with Crippen LogP contribution in [0.3, 0.4) is 0 Å². The molecule has 0 spiro atoms. The third-order valence-electron chi connectivity index (χ3n) is 6.00. The van der Waals surface area contributed by atoms with Crippen LogP contribution in [0.15, 0.2) is 34.5 Å². The Morgan fingerprint density at radius 2 is 1.91 bits per heavy atom. The number of benzene rings is 1. The Bertz CT molecular complexity index is 1110. The Hall–Kier alpha value is -2.58. The van der Waals surface area contributed by atoms with Crippen LogP contribution in [0.4, 0.5) is 4.39 Å². The summed E-state index contributed by atoms with van der Waals surface area (Å²) in [6.45, 7) is 7.96. The first-order chi connectivity index (χ1) is 15.2. The van der Waals surface area contributed by atoms with Crippen LogP contribution in [0.5, 0.6) is 0 Å². The lowest BCUT2D eigenvalue weighted by Crippen LogP contribution is -2.59. The monoisotopic (exact) mass is 459 g/mol. The van der Waals surface area contributed by atoms with Crippen molar-refractivity contribution in [2.45, 2.75) is 58.6 Å². The molecule has 0 saturated carbocycles. The molecule has 0 aliphatic carbocycles. The molecule has 2 aliphatic rings. The molecule has 3 heterocycles. The molecule has 4 rings (SSSR count). The molecule has 1 saturated heterocycles. The van der Waals surface area contributed by atoms with Crippen LogP contribution in [-0.2, 0) is 16.8 Å². The Morgan fingerprint density at radius 1 is 1.22 bits per heavy atom. The van der Waals surface area contributed by atoms with E-state index in [1.54, 1.807) is 35.6 Å². The second-order valence-electron chi connectivity index (χ2n) is 8.74. The number of rotatable bonds is 5. The fraction of sp³-hybridized carbons (Fsp3) is 0.478. The van der Waals surface area contributed by atoms with Gasteiger partial charge in [0.25, 0.3) is 0 Å². The minimum absolute atomic E-state index is 0.0238. The van der Waals surface area contributed by atoms with Gasteiger partial charge in [0.1, 0.15) is 5.82 Å². The van der Waals surface area contributed by atoms with Crippen molar-refractivity contribution in [2.75, 3.05) is 6.54 Å². The average molecular weight is 460 g/mol. The van der Waals surface area contributed by atoms with Gasteiger partial charge >= 0.3 is 0 Å². The van der Waals surface area contributed by atoms with Crippen molar-refractivity contribution < 1.29 is 14.3 Å². The van der Waals surface area contributed by atoms with E-state index in [2.05, 4.69) is 15.3 Å². The number of hydrogen-bond donors (Lipinski definition) is 1. The first-order valence-electron chi connectivity index (χ1n) is 10.8. The first-order valence-corrected chi connectivity index (χ1v) is 11.2. The molecule has 170 valence electrons. The van der Waals surface area contributed by atoms with Gasteiger partial charge in [-0.15, -0.1) is 5.10 Å². The highest BCUT2D eigenvalue weighted by molar-refractivity contribution is 6.32. The van der Waals surface area contributed by atoms with Crippen LogP contribution >= 0.6 is 11.6 Å². The molecular weight excluding hydrogens is 433 g/mol. The summed E-state index contributed by atoms with van der Waals surface area (Å²) in [5.41, 5.74) is 1.40. The predicted octanol–water partition coefficient (Wildman–Crippen LogP) is 3.70. The van der Waals surface area contributed by atoms with Crippen LogP contribution < -0.4 is 0 Å². The Balaban J connectivity index is 2.02. The molecule has 1 aromatic heterocycles. The molecule has 2 atom stereocenters. The normalized spacial score (nSPS) is 22.0. The minimum atomic E-state index is -1.15. The lowest BCUT2D eigenvalue weighted by atomic mass is 9.78. The zero-order chi connectivity index (χ0) is 23.2. The van der Waals surface area contributed by atoms with Gasteiger partial charge in [-0.2, -0.15) is 10.2 Å². The van der Waals surface area contributed by atoms with Crippen molar-refractivity contribution in [2.24, 2.45) is 16.1 Å². The SMILES string of the molecule is Cc1nn(C2=NN=C(C(C)C)C2(c2ccc(F)cc2)N2CCCC2=O)c(CC(C)O)c1Cl. The molecule has 9 heteroatoms. The number of aryl methyl sites for hydroxylation is 1. The zero-order valence-electron chi connectivity index (χ0n) is 18.6. The van der Waals surface area contributed by atoms with Crippen LogP contribution in [-0.4, -0.2) is 49.9 Å². The summed E-state index contributed by atoms with van der Waals surface area (Å²) in [6.07, 6.45) is 0.716. The molecule has 0 bridgehead atoms. The van der Waals surface area contributed by atoms with E-state index < -0.39 is 11.6 Å². The number of carbonyl (C=O) groups is 1. The van der Waals surface area contributed by atoms with E-state index in [0.717, 1.165) is 0 Å². The number of amides is 1. The van der Waals surface area contributed by atoms with E-state index in [1.807, 2.05) is 13.8 Å². The average Bonchev–Trinajstić information content (AvgIpc) is 3.40. The second-order valence-corrected chi connectivity index (χ2v) is 9.12. The summed E-state index contributed by atoms with van der Waals surface area (Å²) < 4.78 is 15.5. The molecule has 2 unspecified atom stereocenters. The number of aromatic nitrogens is 2. The fourth-order valence-electron chi connectivity index (χ4n) is 4.66. The molecule has 2 aromatic rings. The first kappa shape index (κ1) is 22.6. The largest absolute Gasteiger partial charge is 0.393 e. The third-order valence-corrected chi connectivity index (χ3v) is 6.49. The second kappa shape index (κ2) is 8.41. The molecule has 1 aromatic carbocycles. The molecule has 7 nitrogen and oxygen atoms in total. The van der Waals surface area contributed by atoms with Gasteiger partial charge in [0, 0.05) is 19.4 Å². The topological polar surface area (TPSA) is 83.1 Å². The van der Waals surface area contributed by atoms with Crippen LogP contribution in [0.1, 0.15) is 50.6 Å². The minimum Gasteiger partial charge on any atom is -0.393 e. The highest BCUT2D eigenvalue weighted by atomic mass is 35.5. The lowest BCUT2D eigenvalue weighted by molar-refractivity contribution is -0.130. The van der Waals surface area contributed by atoms with Gasteiger partial charge in [-0.25, -0.2) is 9.07 Å². The van der Waals surface area contributed by atoms with Crippen molar-refractivity contribution in [1.82, 2.24) is 14.7 Å². The molecular formula is C23H27ClFN5O2. The summed E-state index contributed by atoms with van der Waals surface area (Å²) in [4.78, 5) is 14.9. The molecule has 1 N–H and O–H groups in total. The fourth-order valence-corrected chi connectivity index (χ4v) is 4.86. The van der Waals surface area contributed by atoms with Gasteiger partial charge in [0.05, 0.1) is 28.2 Å². The van der Waals surface area contributed by atoms with E-state index >= 15 is 0 Å². The predicted molar refractivity (Wildman–Crippen MR) is 121 cm³/mol. The molecule has 1 amide bonds. The van der Waals surface area contributed by atoms with Crippen LogP contribution in [0.2, 0.25) is 5.02 Å². The highest BCUT2D eigenvalue weighted by Gasteiger charge is 2.56. The highest BCUT2D eigenvalue weighted by Crippen LogP contribution is 2.42. The lowest BCUT2D eigenvalue weighted by Gasteiger charge is -2.42. The number of likely N-dealkylation sites (tertiary alicyclic amines) is 1. The standard InChI is InChI=1S/C23H27ClFN5O2/c1-13(2)21-23(29-11-5-6-19(29)32,16-7-9-17(25)10-8-16)22(27-26-21)30-18(12-14(3)31)20(24)15(4)28-30/h7-10,13-14,31H,5-6,11-12H2,1-4H3. The number of aliphatic hydroxyl groups is 1. The zero-order valence-corrected chi connectivity index (χ0v) is 19.4. The quantitative estimate of drug-likeness (QED) is 0.740. The smallest absolute Gasteiger partial charge is 0.224 e. The van der Waals surface area contributed by atoms with Crippen molar-refractivity contribution >= 4 is 29.1 Å². The maximum atomic E-state index is 13.9. The van der Waals surface area contributed by atoms with E-state index in [1.165, 1.54) is 12.1 Å². The van der Waals surface area contributed by atoms with Crippen molar-refractivity contribution in [3.05, 3.63) is 52.1 Å². The number of nitrogens with zero attached hydrogens (tertiary/aromatic N) is 5.